The number of carbonyl (C=O) groups is 1. The van der Waals surface area contributed by atoms with Crippen LogP contribution in [0.2, 0.25) is 0 Å². The molecule has 3 fully saturated rings. The van der Waals surface area contributed by atoms with Crippen LogP contribution >= 0.6 is 0 Å². The fourth-order valence-electron chi connectivity index (χ4n) is 6.55. The predicted molar refractivity (Wildman–Crippen MR) is 84.1 cm³/mol. The fourth-order valence-corrected chi connectivity index (χ4v) is 6.55. The summed E-state index contributed by atoms with van der Waals surface area (Å²) in [7, 11) is 0. The van der Waals surface area contributed by atoms with Crippen LogP contribution in [0.1, 0.15) is 58.8 Å². The monoisotopic (exact) mass is 304 g/mol. The second kappa shape index (κ2) is 4.67. The summed E-state index contributed by atoms with van der Waals surface area (Å²) < 4.78 is 0. The zero-order chi connectivity index (χ0) is 15.7. The molecule has 0 amide bonds. The van der Waals surface area contributed by atoms with E-state index in [1.54, 1.807) is 0 Å². The smallest absolute Gasteiger partial charge is 0.155 e. The van der Waals surface area contributed by atoms with Gasteiger partial charge in [-0.3, -0.25) is 4.79 Å². The molecule has 0 spiro atoms. The lowest BCUT2D eigenvalue weighted by Crippen LogP contribution is -2.51. The minimum Gasteiger partial charge on any atom is -0.390 e. The van der Waals surface area contributed by atoms with Gasteiger partial charge >= 0.3 is 0 Å². The highest BCUT2D eigenvalue weighted by Gasteiger charge is 2.60. The molecule has 0 aliphatic heterocycles. The van der Waals surface area contributed by atoms with Crippen molar-refractivity contribution in [3.8, 4) is 0 Å². The normalized spacial score (nSPS) is 54.3. The molecule has 4 aliphatic carbocycles. The maximum Gasteiger partial charge on any atom is 0.155 e. The van der Waals surface area contributed by atoms with E-state index in [0.29, 0.717) is 30.0 Å². The third kappa shape index (κ3) is 1.78. The van der Waals surface area contributed by atoms with Gasteiger partial charge in [-0.2, -0.15) is 0 Å². The van der Waals surface area contributed by atoms with Crippen molar-refractivity contribution in [3.63, 3.8) is 0 Å². The molecule has 0 saturated heterocycles. The van der Waals surface area contributed by atoms with Gasteiger partial charge in [0.15, 0.2) is 5.78 Å². The highest BCUT2D eigenvalue weighted by molar-refractivity contribution is 5.91. The van der Waals surface area contributed by atoms with Crippen LogP contribution in [-0.2, 0) is 4.79 Å². The lowest BCUT2D eigenvalue weighted by atomic mass is 9.47. The minimum absolute atomic E-state index is 0.108. The molecule has 0 heterocycles. The van der Waals surface area contributed by atoms with E-state index in [-0.39, 0.29) is 10.8 Å². The SMILES string of the molecule is C[C@]12CC[C@@H]3[C@@H](CCC4=CC(=O)CC[C@@]43C)[C@@H]1C[C@H](O)[C@@H]2O. The first-order chi connectivity index (χ1) is 10.4. The number of hydrogen-bond donors (Lipinski definition) is 2. The van der Waals surface area contributed by atoms with Gasteiger partial charge in [0, 0.05) is 6.42 Å². The topological polar surface area (TPSA) is 57.5 Å². The van der Waals surface area contributed by atoms with E-state index < -0.39 is 12.2 Å². The summed E-state index contributed by atoms with van der Waals surface area (Å²) in [5.74, 6) is 1.96. The highest BCUT2D eigenvalue weighted by atomic mass is 16.3. The van der Waals surface area contributed by atoms with Gasteiger partial charge in [-0.05, 0) is 73.2 Å². The van der Waals surface area contributed by atoms with E-state index in [2.05, 4.69) is 13.8 Å². The van der Waals surface area contributed by atoms with Gasteiger partial charge in [-0.15, -0.1) is 0 Å². The summed E-state index contributed by atoms with van der Waals surface area (Å²) >= 11 is 0. The van der Waals surface area contributed by atoms with Crippen molar-refractivity contribution < 1.29 is 15.0 Å². The molecule has 122 valence electrons. The van der Waals surface area contributed by atoms with Crippen LogP contribution in [0.4, 0.5) is 0 Å². The maximum absolute atomic E-state index is 11.8. The lowest BCUT2D eigenvalue weighted by Gasteiger charge is -2.57. The molecule has 0 aromatic rings. The van der Waals surface area contributed by atoms with Crippen LogP contribution in [0.15, 0.2) is 11.6 Å². The van der Waals surface area contributed by atoms with Crippen molar-refractivity contribution >= 4 is 5.78 Å². The molecular weight excluding hydrogens is 276 g/mol. The molecule has 3 saturated carbocycles. The number of allylic oxidation sites excluding steroid dienone is 1. The van der Waals surface area contributed by atoms with E-state index >= 15 is 0 Å². The Hall–Kier alpha value is -0.670. The van der Waals surface area contributed by atoms with Crippen molar-refractivity contribution in [2.75, 3.05) is 0 Å². The Balaban J connectivity index is 1.69. The summed E-state index contributed by atoms with van der Waals surface area (Å²) in [4.78, 5) is 11.8. The molecule has 0 aromatic carbocycles. The molecule has 4 rings (SSSR count). The maximum atomic E-state index is 11.8. The largest absolute Gasteiger partial charge is 0.390 e. The zero-order valence-corrected chi connectivity index (χ0v) is 13.7. The number of aliphatic hydroxyl groups excluding tert-OH is 2. The number of aliphatic hydroxyl groups is 2. The Morgan fingerprint density at radius 3 is 2.64 bits per heavy atom. The number of hydrogen-bond acceptors (Lipinski definition) is 3. The van der Waals surface area contributed by atoms with Crippen molar-refractivity contribution in [2.45, 2.75) is 71.0 Å². The first kappa shape index (κ1) is 14.9. The van der Waals surface area contributed by atoms with Gasteiger partial charge in [-0.25, -0.2) is 0 Å². The average Bonchev–Trinajstić information content (AvgIpc) is 2.72. The van der Waals surface area contributed by atoms with Crippen LogP contribution in [0.25, 0.3) is 0 Å². The Labute approximate surface area is 132 Å². The van der Waals surface area contributed by atoms with Crippen molar-refractivity contribution in [1.82, 2.24) is 0 Å². The van der Waals surface area contributed by atoms with Crippen LogP contribution in [0.5, 0.6) is 0 Å². The standard InChI is InChI=1S/C19H28O3/c1-18-7-5-12(20)9-11(18)3-4-13-14(18)6-8-19(2)15(13)10-16(21)17(19)22/h9,13-17,21-22H,3-8,10H2,1-2H3/t13-,14-,15+,16+,17+,18+,19+/m1/s1. The van der Waals surface area contributed by atoms with Gasteiger partial charge in [0.25, 0.3) is 0 Å². The van der Waals surface area contributed by atoms with E-state index in [4.69, 9.17) is 0 Å². The first-order valence-corrected chi connectivity index (χ1v) is 8.96. The molecule has 7 atom stereocenters. The van der Waals surface area contributed by atoms with Crippen molar-refractivity contribution in [3.05, 3.63) is 11.6 Å². The highest BCUT2D eigenvalue weighted by Crippen LogP contribution is 2.65. The van der Waals surface area contributed by atoms with Crippen molar-refractivity contribution in [1.29, 1.82) is 0 Å². The Morgan fingerprint density at radius 1 is 1.09 bits per heavy atom. The Morgan fingerprint density at radius 2 is 1.86 bits per heavy atom. The van der Waals surface area contributed by atoms with Crippen LogP contribution in [-0.4, -0.2) is 28.2 Å². The average molecular weight is 304 g/mol. The van der Waals surface area contributed by atoms with Gasteiger partial charge in [-0.1, -0.05) is 19.4 Å². The summed E-state index contributed by atoms with van der Waals surface area (Å²) in [6.07, 6.45) is 7.56. The molecule has 3 heteroatoms. The van der Waals surface area contributed by atoms with Gasteiger partial charge < -0.3 is 10.2 Å². The van der Waals surface area contributed by atoms with Gasteiger partial charge in [0.1, 0.15) is 0 Å². The molecule has 0 unspecified atom stereocenters. The van der Waals surface area contributed by atoms with E-state index in [1.165, 1.54) is 5.57 Å². The van der Waals surface area contributed by atoms with E-state index in [9.17, 15) is 15.0 Å². The lowest BCUT2D eigenvalue weighted by molar-refractivity contribution is -0.118. The summed E-state index contributed by atoms with van der Waals surface area (Å²) in [6.45, 7) is 4.55. The van der Waals surface area contributed by atoms with Gasteiger partial charge in [0.05, 0.1) is 12.2 Å². The molecule has 22 heavy (non-hydrogen) atoms. The van der Waals surface area contributed by atoms with Gasteiger partial charge in [0.2, 0.25) is 0 Å². The quantitative estimate of drug-likeness (QED) is 0.723. The Bertz CT molecular complexity index is 539. The number of ketones is 1. The second-order valence-corrected chi connectivity index (χ2v) is 8.76. The summed E-state index contributed by atoms with van der Waals surface area (Å²) in [5.41, 5.74) is 1.45. The summed E-state index contributed by atoms with van der Waals surface area (Å²) in [5, 5.41) is 20.7. The first-order valence-electron chi connectivity index (χ1n) is 8.96. The molecule has 2 N–H and O–H groups in total. The summed E-state index contributed by atoms with van der Waals surface area (Å²) in [6, 6.07) is 0. The molecule has 0 aromatic heterocycles. The van der Waals surface area contributed by atoms with E-state index in [0.717, 1.165) is 38.5 Å². The predicted octanol–water partition coefficient (Wildman–Crippen LogP) is 2.85. The molecule has 4 aliphatic rings. The Kier molecular flexibility index (Phi) is 3.16. The van der Waals surface area contributed by atoms with E-state index in [1.807, 2.05) is 6.08 Å². The fraction of sp³-hybridized carbons (Fsp3) is 0.842. The van der Waals surface area contributed by atoms with Crippen LogP contribution in [0.3, 0.4) is 0 Å². The number of carbonyl (C=O) groups excluding carboxylic acids is 1. The molecule has 0 bridgehead atoms. The number of rotatable bonds is 0. The minimum atomic E-state index is -0.559. The third-order valence-corrected chi connectivity index (χ3v) is 7.94. The third-order valence-electron chi connectivity index (χ3n) is 7.94. The van der Waals surface area contributed by atoms with Crippen LogP contribution < -0.4 is 0 Å². The molecule has 0 radical (unpaired) electrons. The molecular formula is C19H28O3. The second-order valence-electron chi connectivity index (χ2n) is 8.76. The van der Waals surface area contributed by atoms with Crippen molar-refractivity contribution in [2.24, 2.45) is 28.6 Å². The number of fused-ring (bicyclic) bond motifs is 5. The zero-order valence-electron chi connectivity index (χ0n) is 13.7. The molecule has 3 nitrogen and oxygen atoms in total. The van der Waals surface area contributed by atoms with Crippen LogP contribution in [0, 0.1) is 28.6 Å².